The fourth-order valence-electron chi connectivity index (χ4n) is 4.90. The SMILES string of the molecule is CN(C(=O)C1CCCS(=O)(=O)C1)S(=O)(=O)N1CCN(c2ncnc3[nH]ccc23)CC12CC2. The molecule has 13 heteroatoms. The van der Waals surface area contributed by atoms with Crippen LogP contribution in [0.2, 0.25) is 0 Å². The number of aromatic amines is 1. The molecule has 5 rings (SSSR count). The minimum atomic E-state index is -4.07. The smallest absolute Gasteiger partial charge is 0.306 e. The summed E-state index contributed by atoms with van der Waals surface area (Å²) in [5, 5.41) is 0.880. The Hall–Kier alpha value is -2.25. The largest absolute Gasteiger partial charge is 0.353 e. The van der Waals surface area contributed by atoms with Gasteiger partial charge in [0.2, 0.25) is 5.91 Å². The number of aromatic nitrogens is 3. The quantitative estimate of drug-likeness (QED) is 0.650. The van der Waals surface area contributed by atoms with Crippen molar-refractivity contribution in [1.29, 1.82) is 0 Å². The van der Waals surface area contributed by atoms with Crippen molar-refractivity contribution in [1.82, 2.24) is 23.6 Å². The summed E-state index contributed by atoms with van der Waals surface area (Å²) in [4.78, 5) is 26.7. The molecule has 2 aromatic rings. The van der Waals surface area contributed by atoms with E-state index >= 15 is 0 Å². The average molecular weight is 483 g/mol. The number of H-pyrrole nitrogens is 1. The lowest BCUT2D eigenvalue weighted by Crippen LogP contribution is -2.61. The Kier molecular flexibility index (Phi) is 4.98. The molecule has 0 aromatic carbocycles. The predicted octanol–water partition coefficient (Wildman–Crippen LogP) is 0.141. The van der Waals surface area contributed by atoms with E-state index in [0.717, 1.165) is 21.2 Å². The highest BCUT2D eigenvalue weighted by Crippen LogP contribution is 2.47. The molecule has 174 valence electrons. The number of anilines is 1. The zero-order valence-corrected chi connectivity index (χ0v) is 19.4. The van der Waals surface area contributed by atoms with Gasteiger partial charge in [0.15, 0.2) is 9.84 Å². The summed E-state index contributed by atoms with van der Waals surface area (Å²) in [5.74, 6) is -0.929. The number of hydrogen-bond donors (Lipinski definition) is 1. The van der Waals surface area contributed by atoms with E-state index < -0.39 is 37.4 Å². The fraction of sp³-hybridized carbons (Fsp3) is 0.632. The number of rotatable bonds is 4. The maximum Gasteiger partial charge on any atom is 0.306 e. The van der Waals surface area contributed by atoms with Crippen molar-refractivity contribution in [3.8, 4) is 0 Å². The van der Waals surface area contributed by atoms with Crippen LogP contribution in [-0.2, 0) is 24.8 Å². The zero-order chi connectivity index (χ0) is 22.7. The van der Waals surface area contributed by atoms with Gasteiger partial charge in [0.25, 0.3) is 0 Å². The highest BCUT2D eigenvalue weighted by molar-refractivity contribution is 7.91. The van der Waals surface area contributed by atoms with Crippen LogP contribution in [0, 0.1) is 5.92 Å². The number of amides is 1. The molecule has 2 aromatic heterocycles. The van der Waals surface area contributed by atoms with Gasteiger partial charge in [-0.1, -0.05) is 0 Å². The number of carbonyl (C=O) groups excluding carboxylic acids is 1. The topological polar surface area (TPSA) is 137 Å². The number of nitrogens with one attached hydrogen (secondary N) is 1. The standard InChI is InChI=1S/C19H26N6O5S2/c1-23(18(26)14-3-2-10-31(27,28)11-14)32(29,30)25-9-8-24(12-19(25)5-6-19)17-15-4-7-20-16(15)21-13-22-17/h4,7,13-14H,2-3,5-6,8-12H2,1H3,(H,20,21,22). The van der Waals surface area contributed by atoms with Crippen molar-refractivity contribution in [2.45, 2.75) is 31.2 Å². The molecule has 1 spiro atoms. The Morgan fingerprint density at radius 1 is 1.28 bits per heavy atom. The van der Waals surface area contributed by atoms with Crippen LogP contribution >= 0.6 is 0 Å². The van der Waals surface area contributed by atoms with Crippen LogP contribution in [0.15, 0.2) is 18.6 Å². The Morgan fingerprint density at radius 2 is 2.06 bits per heavy atom. The Labute approximate surface area is 186 Å². The van der Waals surface area contributed by atoms with Crippen molar-refractivity contribution in [3.05, 3.63) is 18.6 Å². The molecule has 3 aliphatic rings. The van der Waals surface area contributed by atoms with Crippen molar-refractivity contribution in [2.24, 2.45) is 5.92 Å². The van der Waals surface area contributed by atoms with Gasteiger partial charge >= 0.3 is 10.2 Å². The molecular weight excluding hydrogens is 456 g/mol. The molecule has 1 aliphatic carbocycles. The van der Waals surface area contributed by atoms with Crippen LogP contribution < -0.4 is 4.90 Å². The van der Waals surface area contributed by atoms with Gasteiger partial charge in [-0.05, 0) is 31.7 Å². The normalized spacial score (nSPS) is 25.2. The first-order valence-electron chi connectivity index (χ1n) is 10.7. The molecule has 0 radical (unpaired) electrons. The lowest BCUT2D eigenvalue weighted by atomic mass is 10.1. The summed E-state index contributed by atoms with van der Waals surface area (Å²) < 4.78 is 53.0. The highest BCUT2D eigenvalue weighted by Gasteiger charge is 2.57. The van der Waals surface area contributed by atoms with Crippen LogP contribution in [-0.4, -0.2) is 90.0 Å². The van der Waals surface area contributed by atoms with E-state index in [2.05, 4.69) is 19.9 Å². The van der Waals surface area contributed by atoms with E-state index in [1.165, 1.54) is 17.7 Å². The molecule has 1 N–H and O–H groups in total. The molecule has 1 atom stereocenters. The molecule has 0 bridgehead atoms. The number of nitrogens with zero attached hydrogens (tertiary/aromatic N) is 5. The zero-order valence-electron chi connectivity index (χ0n) is 17.8. The van der Waals surface area contributed by atoms with Crippen molar-refractivity contribution in [3.63, 3.8) is 0 Å². The molecule has 11 nitrogen and oxygen atoms in total. The van der Waals surface area contributed by atoms with Gasteiger partial charge in [-0.3, -0.25) is 4.79 Å². The molecule has 32 heavy (non-hydrogen) atoms. The monoisotopic (exact) mass is 482 g/mol. The number of carbonyl (C=O) groups is 1. The second-order valence-corrected chi connectivity index (χ2v) is 13.0. The van der Waals surface area contributed by atoms with Gasteiger partial charge in [0.1, 0.15) is 17.8 Å². The predicted molar refractivity (Wildman–Crippen MR) is 118 cm³/mol. The van der Waals surface area contributed by atoms with Crippen molar-refractivity contribution < 1.29 is 21.6 Å². The lowest BCUT2D eigenvalue weighted by molar-refractivity contribution is -0.129. The number of sulfone groups is 1. The van der Waals surface area contributed by atoms with Crippen LogP contribution in [0.25, 0.3) is 11.0 Å². The minimum absolute atomic E-state index is 0.0514. The van der Waals surface area contributed by atoms with E-state index in [1.807, 2.05) is 6.07 Å². The van der Waals surface area contributed by atoms with Crippen LogP contribution in [0.3, 0.4) is 0 Å². The Bertz CT molecular complexity index is 1270. The van der Waals surface area contributed by atoms with Gasteiger partial charge < -0.3 is 9.88 Å². The molecule has 2 aliphatic heterocycles. The molecule has 3 fully saturated rings. The van der Waals surface area contributed by atoms with Crippen LogP contribution in [0.5, 0.6) is 0 Å². The van der Waals surface area contributed by atoms with Gasteiger partial charge in [-0.25, -0.2) is 22.7 Å². The van der Waals surface area contributed by atoms with Crippen LogP contribution in [0.1, 0.15) is 25.7 Å². The van der Waals surface area contributed by atoms with E-state index in [1.54, 1.807) is 6.20 Å². The molecule has 1 unspecified atom stereocenters. The summed E-state index contributed by atoms with van der Waals surface area (Å²) in [6, 6.07) is 1.90. The van der Waals surface area contributed by atoms with Gasteiger partial charge in [-0.15, -0.1) is 0 Å². The van der Waals surface area contributed by atoms with Crippen molar-refractivity contribution in [2.75, 3.05) is 43.1 Å². The first kappa shape index (κ1) is 21.6. The third-order valence-electron chi connectivity index (χ3n) is 6.79. The summed E-state index contributed by atoms with van der Waals surface area (Å²) in [7, 11) is -6.15. The highest BCUT2D eigenvalue weighted by atomic mass is 32.2. The second-order valence-electron chi connectivity index (χ2n) is 8.92. The maximum absolute atomic E-state index is 13.4. The summed E-state index contributed by atoms with van der Waals surface area (Å²) in [6.07, 6.45) is 5.44. The summed E-state index contributed by atoms with van der Waals surface area (Å²) in [6.45, 7) is 1.13. The molecular formula is C19H26N6O5S2. The molecule has 4 heterocycles. The van der Waals surface area contributed by atoms with Gasteiger partial charge in [-0.2, -0.15) is 12.7 Å². The van der Waals surface area contributed by atoms with E-state index in [4.69, 9.17) is 0 Å². The third kappa shape index (κ3) is 3.55. The average Bonchev–Trinajstić information content (AvgIpc) is 3.32. The van der Waals surface area contributed by atoms with Gasteiger partial charge in [0.05, 0.1) is 28.3 Å². The number of piperazine rings is 1. The number of hydrogen-bond acceptors (Lipinski definition) is 8. The van der Waals surface area contributed by atoms with E-state index in [-0.39, 0.29) is 18.1 Å². The lowest BCUT2D eigenvalue weighted by Gasteiger charge is -2.43. The Balaban J connectivity index is 1.36. The first-order chi connectivity index (χ1) is 15.1. The summed E-state index contributed by atoms with van der Waals surface area (Å²) >= 11 is 0. The van der Waals surface area contributed by atoms with Crippen molar-refractivity contribution >= 4 is 42.8 Å². The van der Waals surface area contributed by atoms with Crippen LogP contribution in [0.4, 0.5) is 5.82 Å². The maximum atomic E-state index is 13.4. The fourth-order valence-corrected chi connectivity index (χ4v) is 8.31. The molecule has 2 saturated heterocycles. The van der Waals surface area contributed by atoms with Gasteiger partial charge in [0, 0.05) is 32.9 Å². The minimum Gasteiger partial charge on any atom is -0.353 e. The second kappa shape index (κ2) is 7.39. The number of fused-ring (bicyclic) bond motifs is 1. The molecule has 1 saturated carbocycles. The molecule has 1 amide bonds. The first-order valence-corrected chi connectivity index (χ1v) is 13.9. The van der Waals surface area contributed by atoms with E-state index in [9.17, 15) is 21.6 Å². The summed E-state index contributed by atoms with van der Waals surface area (Å²) in [5.41, 5.74) is 0.139. The van der Waals surface area contributed by atoms with E-state index in [0.29, 0.717) is 38.8 Å². The Morgan fingerprint density at radius 3 is 2.78 bits per heavy atom. The third-order valence-corrected chi connectivity index (χ3v) is 10.6.